The van der Waals surface area contributed by atoms with Gasteiger partial charge in [0.15, 0.2) is 0 Å². The van der Waals surface area contributed by atoms with Crippen LogP contribution in [0, 0.1) is 5.82 Å². The highest BCUT2D eigenvalue weighted by Gasteiger charge is 2.26. The number of ether oxygens (including phenoxy) is 1. The molecule has 35 heavy (non-hydrogen) atoms. The molecule has 0 N–H and O–H groups in total. The first-order chi connectivity index (χ1) is 17.0. The van der Waals surface area contributed by atoms with Gasteiger partial charge in [0.1, 0.15) is 12.4 Å². The van der Waals surface area contributed by atoms with Gasteiger partial charge in [0.25, 0.3) is 0 Å². The second-order valence-corrected chi connectivity index (χ2v) is 9.29. The van der Waals surface area contributed by atoms with Gasteiger partial charge in [-0.25, -0.2) is 9.18 Å². The van der Waals surface area contributed by atoms with Crippen molar-refractivity contribution in [3.63, 3.8) is 0 Å². The van der Waals surface area contributed by atoms with Crippen LogP contribution >= 0.6 is 0 Å². The van der Waals surface area contributed by atoms with Crippen molar-refractivity contribution < 1.29 is 13.9 Å². The Hall–Kier alpha value is -3.79. The Labute approximate surface area is 205 Å². The molecule has 0 saturated heterocycles. The fraction of sp³-hybridized carbons (Fsp3) is 0.226. The van der Waals surface area contributed by atoms with Crippen LogP contribution in [0.2, 0.25) is 0 Å². The number of carbonyl (C=O) groups excluding carboxylic acids is 1. The number of aromatic nitrogens is 1. The van der Waals surface area contributed by atoms with Gasteiger partial charge in [-0.1, -0.05) is 68.4 Å². The van der Waals surface area contributed by atoms with Gasteiger partial charge < -0.3 is 4.74 Å². The van der Waals surface area contributed by atoms with Gasteiger partial charge in [0.2, 0.25) is 0 Å². The second kappa shape index (κ2) is 9.83. The quantitative estimate of drug-likeness (QED) is 0.286. The van der Waals surface area contributed by atoms with Crippen molar-refractivity contribution in [2.45, 2.75) is 45.6 Å². The molecular formula is C31H28FNO2. The Morgan fingerprint density at radius 2 is 1.66 bits per heavy atom. The number of rotatable bonds is 5. The summed E-state index contributed by atoms with van der Waals surface area (Å²) < 4.78 is 19.7. The molecular weight excluding hydrogens is 437 g/mol. The van der Waals surface area contributed by atoms with E-state index in [-0.39, 0.29) is 24.3 Å². The van der Waals surface area contributed by atoms with Gasteiger partial charge in [0, 0.05) is 11.1 Å². The molecule has 0 fully saturated rings. The summed E-state index contributed by atoms with van der Waals surface area (Å²) in [6, 6.07) is 24.1. The number of aryl methyl sites for hydroxylation is 1. The summed E-state index contributed by atoms with van der Waals surface area (Å²) in [6.45, 7) is 4.32. The molecule has 0 amide bonds. The highest BCUT2D eigenvalue weighted by Crippen LogP contribution is 2.41. The SMILES string of the molecule is CC(C)c1nc2c(c(-c3ccc(F)cc3)c1COC(=O)c1ccccc1)CCCc1ccccc1-2. The molecule has 176 valence electrons. The first-order valence-corrected chi connectivity index (χ1v) is 12.1. The monoisotopic (exact) mass is 465 g/mol. The van der Waals surface area contributed by atoms with Gasteiger partial charge in [0.05, 0.1) is 17.0 Å². The van der Waals surface area contributed by atoms with Crippen molar-refractivity contribution in [1.82, 2.24) is 4.98 Å². The van der Waals surface area contributed by atoms with Crippen molar-refractivity contribution in [3.05, 3.63) is 113 Å². The molecule has 0 spiro atoms. The minimum Gasteiger partial charge on any atom is -0.457 e. The van der Waals surface area contributed by atoms with Crippen LogP contribution in [0.15, 0.2) is 78.9 Å². The average Bonchev–Trinajstić information content (AvgIpc) is 3.07. The van der Waals surface area contributed by atoms with Gasteiger partial charge >= 0.3 is 5.97 Å². The Morgan fingerprint density at radius 1 is 0.943 bits per heavy atom. The number of pyridine rings is 1. The number of fused-ring (bicyclic) bond motifs is 3. The van der Waals surface area contributed by atoms with Gasteiger partial charge in [-0.15, -0.1) is 0 Å². The maximum absolute atomic E-state index is 13.9. The summed E-state index contributed by atoms with van der Waals surface area (Å²) in [5, 5.41) is 0. The molecule has 0 bridgehead atoms. The summed E-state index contributed by atoms with van der Waals surface area (Å²) in [7, 11) is 0. The third-order valence-corrected chi connectivity index (χ3v) is 6.61. The molecule has 4 aromatic rings. The van der Waals surface area contributed by atoms with Crippen molar-refractivity contribution in [3.8, 4) is 22.4 Å². The van der Waals surface area contributed by atoms with E-state index in [9.17, 15) is 9.18 Å². The normalized spacial score (nSPS) is 12.6. The van der Waals surface area contributed by atoms with Crippen LogP contribution in [0.4, 0.5) is 4.39 Å². The van der Waals surface area contributed by atoms with Crippen molar-refractivity contribution in [2.24, 2.45) is 0 Å². The lowest BCUT2D eigenvalue weighted by Gasteiger charge is -2.23. The second-order valence-electron chi connectivity index (χ2n) is 9.29. The zero-order valence-corrected chi connectivity index (χ0v) is 20.1. The predicted octanol–water partition coefficient (Wildman–Crippen LogP) is 7.52. The summed E-state index contributed by atoms with van der Waals surface area (Å²) in [4.78, 5) is 18.0. The van der Waals surface area contributed by atoms with E-state index >= 15 is 0 Å². The zero-order valence-electron chi connectivity index (χ0n) is 20.1. The van der Waals surface area contributed by atoms with E-state index in [1.807, 2.05) is 30.3 Å². The topological polar surface area (TPSA) is 39.2 Å². The van der Waals surface area contributed by atoms with Crippen LogP contribution in [0.5, 0.6) is 0 Å². The van der Waals surface area contributed by atoms with E-state index in [4.69, 9.17) is 9.72 Å². The van der Waals surface area contributed by atoms with Crippen LogP contribution in [0.3, 0.4) is 0 Å². The van der Waals surface area contributed by atoms with Crippen molar-refractivity contribution in [1.29, 1.82) is 0 Å². The smallest absolute Gasteiger partial charge is 0.338 e. The van der Waals surface area contributed by atoms with E-state index < -0.39 is 0 Å². The first-order valence-electron chi connectivity index (χ1n) is 12.1. The molecule has 0 saturated carbocycles. The molecule has 1 aliphatic rings. The molecule has 0 atom stereocenters. The van der Waals surface area contributed by atoms with Crippen LogP contribution in [0.25, 0.3) is 22.4 Å². The number of carbonyl (C=O) groups is 1. The molecule has 1 aliphatic carbocycles. The molecule has 0 unspecified atom stereocenters. The molecule has 4 heteroatoms. The maximum atomic E-state index is 13.9. The van der Waals surface area contributed by atoms with Gasteiger partial charge in [-0.05, 0) is 71.7 Å². The Kier molecular flexibility index (Phi) is 6.45. The van der Waals surface area contributed by atoms with Crippen LogP contribution in [-0.2, 0) is 24.2 Å². The number of hydrogen-bond acceptors (Lipinski definition) is 3. The molecule has 3 aromatic carbocycles. The number of esters is 1. The van der Waals surface area contributed by atoms with Crippen LogP contribution in [-0.4, -0.2) is 11.0 Å². The molecule has 1 heterocycles. The van der Waals surface area contributed by atoms with E-state index in [2.05, 4.69) is 38.1 Å². The Balaban J connectivity index is 1.70. The summed E-state index contributed by atoms with van der Waals surface area (Å²) in [5.41, 5.74) is 8.80. The van der Waals surface area contributed by atoms with Crippen LogP contribution in [0.1, 0.15) is 58.9 Å². The van der Waals surface area contributed by atoms with E-state index in [0.29, 0.717) is 5.56 Å². The number of benzene rings is 3. The fourth-order valence-corrected chi connectivity index (χ4v) is 4.96. The standard InChI is InChI=1S/C31H28FNO2/c1-20(2)29-27(19-35-31(34)23-10-4-3-5-11-23)28(22-15-17-24(32)18-16-22)26-14-8-12-21-9-6-7-13-25(21)30(26)33-29/h3-7,9-11,13,15-18,20H,8,12,14,19H2,1-2H3. The fourth-order valence-electron chi connectivity index (χ4n) is 4.96. The van der Waals surface area contributed by atoms with Crippen LogP contribution < -0.4 is 0 Å². The molecule has 1 aromatic heterocycles. The average molecular weight is 466 g/mol. The lowest BCUT2D eigenvalue weighted by Crippen LogP contribution is -2.12. The Morgan fingerprint density at radius 3 is 2.40 bits per heavy atom. The maximum Gasteiger partial charge on any atom is 0.338 e. The molecule has 5 rings (SSSR count). The van der Waals surface area contributed by atoms with E-state index in [1.54, 1.807) is 12.1 Å². The molecule has 0 radical (unpaired) electrons. The third-order valence-electron chi connectivity index (χ3n) is 6.61. The highest BCUT2D eigenvalue weighted by atomic mass is 19.1. The number of halogens is 1. The lowest BCUT2D eigenvalue weighted by atomic mass is 9.87. The van der Waals surface area contributed by atoms with Crippen molar-refractivity contribution in [2.75, 3.05) is 0 Å². The summed E-state index contributed by atoms with van der Waals surface area (Å²) in [6.07, 6.45) is 2.82. The van der Waals surface area contributed by atoms with E-state index in [1.165, 1.54) is 17.7 Å². The predicted molar refractivity (Wildman–Crippen MR) is 137 cm³/mol. The number of hydrogen-bond donors (Lipinski definition) is 0. The number of nitrogens with zero attached hydrogens (tertiary/aromatic N) is 1. The Bertz CT molecular complexity index is 1360. The molecule has 0 aliphatic heterocycles. The third kappa shape index (κ3) is 4.61. The minimum absolute atomic E-state index is 0.107. The highest BCUT2D eigenvalue weighted by molar-refractivity contribution is 5.89. The van der Waals surface area contributed by atoms with Gasteiger partial charge in [-0.3, -0.25) is 4.98 Å². The summed E-state index contributed by atoms with van der Waals surface area (Å²) in [5.74, 6) is -0.536. The largest absolute Gasteiger partial charge is 0.457 e. The summed E-state index contributed by atoms with van der Waals surface area (Å²) >= 11 is 0. The van der Waals surface area contributed by atoms with E-state index in [0.717, 1.165) is 58.5 Å². The zero-order chi connectivity index (χ0) is 24.4. The first kappa shape index (κ1) is 23.0. The lowest BCUT2D eigenvalue weighted by molar-refractivity contribution is 0.0471. The molecule has 3 nitrogen and oxygen atoms in total. The van der Waals surface area contributed by atoms with Crippen molar-refractivity contribution >= 4 is 5.97 Å². The van der Waals surface area contributed by atoms with Gasteiger partial charge in [-0.2, -0.15) is 0 Å². The minimum atomic E-state index is -0.370.